The zero-order valence-electron chi connectivity index (χ0n) is 17.9. The van der Waals surface area contributed by atoms with Gasteiger partial charge in [-0.1, -0.05) is 29.8 Å². The molecule has 0 bridgehead atoms. The molecule has 160 valence electrons. The number of aliphatic hydroxyl groups is 2. The second-order valence-corrected chi connectivity index (χ2v) is 9.60. The third kappa shape index (κ3) is 3.89. The summed E-state index contributed by atoms with van der Waals surface area (Å²) in [6.07, 6.45) is 6.37. The van der Waals surface area contributed by atoms with Gasteiger partial charge in [-0.05, 0) is 74.3 Å². The molecule has 1 fully saturated rings. The molecule has 0 aromatic heterocycles. The number of fused-ring (bicyclic) bond motifs is 2. The first-order chi connectivity index (χ1) is 14.5. The average molecular weight is 408 g/mol. The number of aliphatic hydroxyl groups excluding tert-OH is 2. The molecule has 1 aliphatic carbocycles. The van der Waals surface area contributed by atoms with Crippen molar-refractivity contribution in [2.75, 3.05) is 19.6 Å². The lowest BCUT2D eigenvalue weighted by molar-refractivity contribution is -0.0588. The van der Waals surface area contributed by atoms with Crippen LogP contribution in [0.4, 0.5) is 0 Å². The maximum absolute atomic E-state index is 10.9. The highest BCUT2D eigenvalue weighted by atomic mass is 16.5. The molecular weight excluding hydrogens is 374 g/mol. The number of hydrogen-bond donors (Lipinski definition) is 2. The summed E-state index contributed by atoms with van der Waals surface area (Å²) in [4.78, 5) is 2.34. The van der Waals surface area contributed by atoms with Crippen molar-refractivity contribution in [3.05, 3.63) is 64.2 Å². The molecule has 4 heteroatoms. The molecule has 1 saturated heterocycles. The molecular formula is C26H33NO3. The molecule has 2 aromatic carbocycles. The van der Waals surface area contributed by atoms with Crippen molar-refractivity contribution in [2.45, 2.75) is 69.7 Å². The van der Waals surface area contributed by atoms with Crippen LogP contribution in [0.5, 0.6) is 5.75 Å². The Hall–Kier alpha value is -1.88. The highest BCUT2D eigenvalue weighted by Gasteiger charge is 2.43. The molecule has 5 rings (SSSR count). The van der Waals surface area contributed by atoms with Crippen LogP contribution in [-0.4, -0.2) is 40.3 Å². The van der Waals surface area contributed by atoms with Crippen LogP contribution in [0.3, 0.4) is 0 Å². The molecule has 2 atom stereocenters. The molecule has 1 spiro atoms. The summed E-state index contributed by atoms with van der Waals surface area (Å²) < 4.78 is 6.44. The second kappa shape index (κ2) is 7.99. The monoisotopic (exact) mass is 407 g/mol. The van der Waals surface area contributed by atoms with Crippen LogP contribution in [-0.2, 0) is 12.8 Å². The smallest absolute Gasteiger partial charge is 0.125 e. The molecule has 0 saturated carbocycles. The second-order valence-electron chi connectivity index (χ2n) is 9.60. The summed E-state index contributed by atoms with van der Waals surface area (Å²) >= 11 is 0. The van der Waals surface area contributed by atoms with Gasteiger partial charge in [0.2, 0.25) is 0 Å². The molecule has 0 radical (unpaired) electrons. The van der Waals surface area contributed by atoms with Gasteiger partial charge in [0, 0.05) is 31.6 Å². The van der Waals surface area contributed by atoms with Gasteiger partial charge >= 0.3 is 0 Å². The van der Waals surface area contributed by atoms with Crippen LogP contribution in [0.1, 0.15) is 72.1 Å². The molecule has 4 nitrogen and oxygen atoms in total. The third-order valence-electron chi connectivity index (χ3n) is 7.37. The van der Waals surface area contributed by atoms with Crippen LogP contribution in [0.25, 0.3) is 0 Å². The Kier molecular flexibility index (Phi) is 5.34. The standard InChI is InChI=1S/C26H33NO3/c1-18-6-9-25-22(14-18)23(28)16-26(30-25)10-12-27(13-11-26)17-24(29)21-8-7-19-4-2-3-5-20(19)15-21/h6-9,14-15,23-24,28-29H,2-5,10-13,16-17H2,1H3/t23-,24+/m1/s1. The first-order valence-corrected chi connectivity index (χ1v) is 11.5. The van der Waals surface area contributed by atoms with Gasteiger partial charge in [-0.3, -0.25) is 0 Å². The van der Waals surface area contributed by atoms with Crippen molar-refractivity contribution in [1.29, 1.82) is 0 Å². The van der Waals surface area contributed by atoms with Crippen LogP contribution in [0, 0.1) is 6.92 Å². The molecule has 3 aliphatic rings. The predicted molar refractivity (Wildman–Crippen MR) is 118 cm³/mol. The van der Waals surface area contributed by atoms with Crippen molar-refractivity contribution >= 4 is 0 Å². The fourth-order valence-corrected chi connectivity index (χ4v) is 5.52. The molecule has 30 heavy (non-hydrogen) atoms. The van der Waals surface area contributed by atoms with Crippen molar-refractivity contribution in [3.8, 4) is 5.75 Å². The number of β-amino-alcohol motifs (C(OH)–C–C–N with tert-alkyl or cyclic N) is 1. The fraction of sp³-hybridized carbons (Fsp3) is 0.538. The van der Waals surface area contributed by atoms with Crippen LogP contribution in [0.15, 0.2) is 36.4 Å². The number of rotatable bonds is 3. The Balaban J connectivity index is 1.22. The van der Waals surface area contributed by atoms with E-state index in [4.69, 9.17) is 4.74 Å². The topological polar surface area (TPSA) is 52.9 Å². The number of aryl methyl sites for hydroxylation is 3. The third-order valence-corrected chi connectivity index (χ3v) is 7.37. The Morgan fingerprint density at radius 2 is 1.83 bits per heavy atom. The average Bonchev–Trinajstić information content (AvgIpc) is 2.76. The molecule has 2 aromatic rings. The first kappa shape index (κ1) is 20.0. The number of nitrogens with zero attached hydrogens (tertiary/aromatic N) is 1. The van der Waals surface area contributed by atoms with E-state index in [0.29, 0.717) is 13.0 Å². The number of ether oxygens (including phenoxy) is 1. The lowest BCUT2D eigenvalue weighted by Gasteiger charge is -2.46. The van der Waals surface area contributed by atoms with E-state index >= 15 is 0 Å². The summed E-state index contributed by atoms with van der Waals surface area (Å²) in [7, 11) is 0. The van der Waals surface area contributed by atoms with Gasteiger partial charge in [0.05, 0.1) is 12.2 Å². The largest absolute Gasteiger partial charge is 0.487 e. The zero-order valence-corrected chi connectivity index (χ0v) is 17.9. The van der Waals surface area contributed by atoms with Gasteiger partial charge in [0.1, 0.15) is 11.4 Å². The normalized spacial score (nSPS) is 24.0. The van der Waals surface area contributed by atoms with E-state index in [9.17, 15) is 10.2 Å². The van der Waals surface area contributed by atoms with Gasteiger partial charge in [-0.15, -0.1) is 0 Å². The molecule has 0 unspecified atom stereocenters. The van der Waals surface area contributed by atoms with Gasteiger partial charge in [0.25, 0.3) is 0 Å². The number of piperidine rings is 1. The lowest BCUT2D eigenvalue weighted by Crippen LogP contribution is -2.51. The fourth-order valence-electron chi connectivity index (χ4n) is 5.52. The number of likely N-dealkylation sites (tertiary alicyclic amines) is 1. The Labute approximate surface area is 179 Å². The van der Waals surface area contributed by atoms with Gasteiger partial charge < -0.3 is 19.8 Å². The van der Waals surface area contributed by atoms with Crippen molar-refractivity contribution in [1.82, 2.24) is 4.90 Å². The Morgan fingerprint density at radius 3 is 2.63 bits per heavy atom. The maximum atomic E-state index is 10.9. The van der Waals surface area contributed by atoms with Crippen molar-refractivity contribution in [3.63, 3.8) is 0 Å². The van der Waals surface area contributed by atoms with Crippen LogP contribution in [0.2, 0.25) is 0 Å². The minimum Gasteiger partial charge on any atom is -0.487 e. The van der Waals surface area contributed by atoms with E-state index in [1.165, 1.54) is 30.4 Å². The number of hydrogen-bond acceptors (Lipinski definition) is 4. The summed E-state index contributed by atoms with van der Waals surface area (Å²) in [5.41, 5.74) is 5.72. The van der Waals surface area contributed by atoms with E-state index in [1.54, 1.807) is 0 Å². The predicted octanol–water partition coefficient (Wildman–Crippen LogP) is 4.26. The molecule has 2 heterocycles. The maximum Gasteiger partial charge on any atom is 0.125 e. The number of benzene rings is 2. The van der Waals surface area contributed by atoms with E-state index in [1.807, 2.05) is 19.1 Å². The molecule has 0 amide bonds. The van der Waals surface area contributed by atoms with E-state index in [-0.39, 0.29) is 5.60 Å². The van der Waals surface area contributed by atoms with Gasteiger partial charge in [-0.2, -0.15) is 0 Å². The molecule has 2 aliphatic heterocycles. The minimum atomic E-state index is -0.457. The zero-order chi connectivity index (χ0) is 20.7. The minimum absolute atomic E-state index is 0.283. The van der Waals surface area contributed by atoms with E-state index in [0.717, 1.165) is 54.8 Å². The van der Waals surface area contributed by atoms with Crippen molar-refractivity contribution in [2.24, 2.45) is 0 Å². The van der Waals surface area contributed by atoms with Gasteiger partial charge in [-0.25, -0.2) is 0 Å². The van der Waals surface area contributed by atoms with Crippen LogP contribution < -0.4 is 4.74 Å². The summed E-state index contributed by atoms with van der Waals surface area (Å²) in [5, 5.41) is 21.6. The van der Waals surface area contributed by atoms with Crippen LogP contribution >= 0.6 is 0 Å². The first-order valence-electron chi connectivity index (χ1n) is 11.5. The molecule has 2 N–H and O–H groups in total. The highest BCUT2D eigenvalue weighted by Crippen LogP contribution is 2.44. The summed E-state index contributed by atoms with van der Waals surface area (Å²) in [5.74, 6) is 0.835. The summed E-state index contributed by atoms with van der Waals surface area (Å²) in [6, 6.07) is 12.6. The lowest BCUT2D eigenvalue weighted by atomic mass is 9.81. The van der Waals surface area contributed by atoms with E-state index in [2.05, 4.69) is 29.2 Å². The quantitative estimate of drug-likeness (QED) is 0.798. The van der Waals surface area contributed by atoms with Gasteiger partial charge in [0.15, 0.2) is 0 Å². The van der Waals surface area contributed by atoms with Crippen molar-refractivity contribution < 1.29 is 14.9 Å². The SMILES string of the molecule is Cc1ccc2c(c1)[C@H](O)CC1(CCN(C[C@H](O)c3ccc4c(c3)CCCC4)CC1)O2. The van der Waals surface area contributed by atoms with E-state index < -0.39 is 12.2 Å². The summed E-state index contributed by atoms with van der Waals surface area (Å²) in [6.45, 7) is 4.47. The Morgan fingerprint density at radius 1 is 1.07 bits per heavy atom. The highest BCUT2D eigenvalue weighted by molar-refractivity contribution is 5.41. The Bertz CT molecular complexity index is 916.